The minimum atomic E-state index is 1.28. The van der Waals surface area contributed by atoms with Crippen LogP contribution in [-0.4, -0.2) is 0 Å². The number of hydrogen-bond donors (Lipinski definition) is 0. The van der Waals surface area contributed by atoms with Gasteiger partial charge in [-0.2, -0.15) is 0 Å². The van der Waals surface area contributed by atoms with Crippen LogP contribution in [0.4, 0.5) is 0 Å². The lowest BCUT2D eigenvalue weighted by Gasteiger charge is -2.11. The average molecular weight is 332 g/mol. The molecule has 0 atom stereocenters. The van der Waals surface area contributed by atoms with Crippen molar-refractivity contribution in [2.45, 2.75) is 0 Å². The van der Waals surface area contributed by atoms with Crippen molar-refractivity contribution in [3.05, 3.63) is 121 Å². The van der Waals surface area contributed by atoms with Gasteiger partial charge in [0.1, 0.15) is 0 Å². The van der Waals surface area contributed by atoms with Gasteiger partial charge in [0.15, 0.2) is 0 Å². The molecule has 0 heterocycles. The average Bonchev–Trinajstić information content (AvgIpc) is 2.74. The molecular weight excluding hydrogens is 312 g/mol. The van der Waals surface area contributed by atoms with Gasteiger partial charge in [-0.25, -0.2) is 0 Å². The molecule has 0 heteroatoms. The zero-order valence-electron chi connectivity index (χ0n) is 14.5. The van der Waals surface area contributed by atoms with Crippen molar-refractivity contribution in [1.82, 2.24) is 0 Å². The Labute approximate surface area is 154 Å². The molecule has 0 aliphatic carbocycles. The van der Waals surface area contributed by atoms with E-state index in [4.69, 9.17) is 0 Å². The molecule has 0 N–H and O–H groups in total. The highest BCUT2D eigenvalue weighted by atomic mass is 14.1. The first-order valence-corrected chi connectivity index (χ1v) is 8.89. The van der Waals surface area contributed by atoms with Gasteiger partial charge in [0.25, 0.3) is 0 Å². The molecule has 5 aromatic rings. The lowest BCUT2D eigenvalue weighted by Crippen LogP contribution is -1.84. The maximum Gasteiger partial charge on any atom is -0.00268 e. The summed E-state index contributed by atoms with van der Waals surface area (Å²) in [5.41, 5.74) is 2.61. The fraction of sp³-hybridized carbons (Fsp3) is 0. The van der Waals surface area contributed by atoms with Gasteiger partial charge >= 0.3 is 0 Å². The minimum Gasteiger partial charge on any atom is -0.0623 e. The highest BCUT2D eigenvalue weighted by Crippen LogP contribution is 2.35. The van der Waals surface area contributed by atoms with Gasteiger partial charge in [-0.05, 0) is 38.7 Å². The second-order valence-electron chi connectivity index (χ2n) is 6.21. The molecule has 0 fully saturated rings. The van der Waals surface area contributed by atoms with Crippen LogP contribution >= 0.6 is 0 Å². The molecule has 0 nitrogen and oxygen atoms in total. The second kappa shape index (κ2) is 7.67. The summed E-state index contributed by atoms with van der Waals surface area (Å²) < 4.78 is 0. The van der Waals surface area contributed by atoms with Gasteiger partial charge in [-0.3, -0.25) is 0 Å². The quantitative estimate of drug-likeness (QED) is 0.282. The molecule has 0 radical (unpaired) electrons. The Balaban J connectivity index is 0.000000240. The molecule has 0 bridgehead atoms. The second-order valence-corrected chi connectivity index (χ2v) is 6.21. The molecule has 5 aromatic carbocycles. The highest BCUT2D eigenvalue weighted by Gasteiger charge is 2.08. The van der Waals surface area contributed by atoms with Gasteiger partial charge < -0.3 is 0 Å². The van der Waals surface area contributed by atoms with E-state index in [2.05, 4.69) is 84.9 Å². The minimum absolute atomic E-state index is 1.28. The van der Waals surface area contributed by atoms with E-state index in [1.807, 2.05) is 36.4 Å². The van der Waals surface area contributed by atoms with Crippen LogP contribution in [0, 0.1) is 0 Å². The fourth-order valence-corrected chi connectivity index (χ4v) is 3.31. The molecule has 0 aliphatic heterocycles. The molecule has 26 heavy (non-hydrogen) atoms. The van der Waals surface area contributed by atoms with Crippen molar-refractivity contribution in [3.63, 3.8) is 0 Å². The molecule has 0 amide bonds. The van der Waals surface area contributed by atoms with E-state index in [0.29, 0.717) is 0 Å². The van der Waals surface area contributed by atoms with E-state index in [1.54, 1.807) is 0 Å². The van der Waals surface area contributed by atoms with Gasteiger partial charge in [0.2, 0.25) is 0 Å². The molecule has 0 spiro atoms. The van der Waals surface area contributed by atoms with Gasteiger partial charge in [0.05, 0.1) is 0 Å². The zero-order chi connectivity index (χ0) is 17.6. The summed E-state index contributed by atoms with van der Waals surface area (Å²) in [4.78, 5) is 0. The summed E-state index contributed by atoms with van der Waals surface area (Å²) in [6.45, 7) is 0. The van der Waals surface area contributed by atoms with E-state index in [0.717, 1.165) is 0 Å². The first-order valence-electron chi connectivity index (χ1n) is 8.89. The topological polar surface area (TPSA) is 0 Å². The lowest BCUT2D eigenvalue weighted by atomic mass is 9.92. The molecule has 0 aliphatic rings. The molecule has 0 saturated heterocycles. The Morgan fingerprint density at radius 1 is 0.346 bits per heavy atom. The van der Waals surface area contributed by atoms with Crippen LogP contribution in [0.2, 0.25) is 0 Å². The predicted molar refractivity (Wildman–Crippen MR) is 113 cm³/mol. The standard InChI is InChI=1S/C20H14.C6H6/c1-2-8-15(9-3-1)20-18-12-6-4-10-16(18)14-17-11-5-7-13-19(17)20;1-2-4-6-5-3-1/h1-14H;1-6H. The van der Waals surface area contributed by atoms with Crippen LogP contribution in [0.1, 0.15) is 0 Å². The van der Waals surface area contributed by atoms with Crippen LogP contribution < -0.4 is 0 Å². The van der Waals surface area contributed by atoms with Crippen molar-refractivity contribution in [1.29, 1.82) is 0 Å². The molecule has 0 unspecified atom stereocenters. The predicted octanol–water partition coefficient (Wildman–Crippen LogP) is 7.35. The van der Waals surface area contributed by atoms with Crippen molar-refractivity contribution in [2.24, 2.45) is 0 Å². The van der Waals surface area contributed by atoms with Crippen molar-refractivity contribution in [2.75, 3.05) is 0 Å². The van der Waals surface area contributed by atoms with Gasteiger partial charge in [-0.15, -0.1) is 0 Å². The Morgan fingerprint density at radius 3 is 1.23 bits per heavy atom. The maximum atomic E-state index is 2.27. The third-order valence-corrected chi connectivity index (χ3v) is 4.50. The molecule has 5 rings (SSSR count). The third-order valence-electron chi connectivity index (χ3n) is 4.50. The zero-order valence-corrected chi connectivity index (χ0v) is 14.5. The first-order chi connectivity index (χ1) is 12.9. The smallest absolute Gasteiger partial charge is 0.00268 e. The first kappa shape index (κ1) is 16.1. The number of fused-ring (bicyclic) bond motifs is 2. The fourth-order valence-electron chi connectivity index (χ4n) is 3.31. The Hall–Kier alpha value is -3.38. The Bertz CT molecular complexity index is 1030. The Kier molecular flexibility index (Phi) is 4.75. The molecular formula is C26H20. The normalized spacial score (nSPS) is 10.3. The summed E-state index contributed by atoms with van der Waals surface area (Å²) in [6, 6.07) is 42.2. The van der Waals surface area contributed by atoms with Crippen molar-refractivity contribution in [3.8, 4) is 11.1 Å². The Morgan fingerprint density at radius 2 is 0.731 bits per heavy atom. The summed E-state index contributed by atoms with van der Waals surface area (Å²) in [5.74, 6) is 0. The summed E-state index contributed by atoms with van der Waals surface area (Å²) in [7, 11) is 0. The van der Waals surface area contributed by atoms with Crippen LogP contribution in [0.15, 0.2) is 121 Å². The summed E-state index contributed by atoms with van der Waals surface area (Å²) in [5, 5.41) is 5.23. The molecule has 0 saturated carbocycles. The van der Waals surface area contributed by atoms with E-state index in [9.17, 15) is 0 Å². The van der Waals surface area contributed by atoms with Crippen LogP contribution in [0.5, 0.6) is 0 Å². The largest absolute Gasteiger partial charge is 0.0623 e. The van der Waals surface area contributed by atoms with Crippen molar-refractivity contribution >= 4 is 21.5 Å². The number of hydrogen-bond acceptors (Lipinski definition) is 0. The number of rotatable bonds is 1. The van der Waals surface area contributed by atoms with E-state index >= 15 is 0 Å². The van der Waals surface area contributed by atoms with Crippen LogP contribution in [0.25, 0.3) is 32.7 Å². The van der Waals surface area contributed by atoms with E-state index < -0.39 is 0 Å². The SMILES string of the molecule is c1ccc(-c2c3ccccc3cc3ccccc23)cc1.c1ccccc1. The summed E-state index contributed by atoms with van der Waals surface area (Å²) >= 11 is 0. The van der Waals surface area contributed by atoms with Gasteiger partial charge in [0, 0.05) is 0 Å². The van der Waals surface area contributed by atoms with Crippen molar-refractivity contribution < 1.29 is 0 Å². The van der Waals surface area contributed by atoms with Crippen LogP contribution in [0.3, 0.4) is 0 Å². The highest BCUT2D eigenvalue weighted by molar-refractivity contribution is 6.12. The van der Waals surface area contributed by atoms with Gasteiger partial charge in [-0.1, -0.05) is 115 Å². The van der Waals surface area contributed by atoms with E-state index in [1.165, 1.54) is 32.7 Å². The third kappa shape index (κ3) is 3.36. The van der Waals surface area contributed by atoms with E-state index in [-0.39, 0.29) is 0 Å². The summed E-state index contributed by atoms with van der Waals surface area (Å²) in [6.07, 6.45) is 0. The molecule has 124 valence electrons. The molecule has 0 aromatic heterocycles. The lowest BCUT2D eigenvalue weighted by molar-refractivity contribution is 1.67. The maximum absolute atomic E-state index is 2.27. The number of benzene rings is 5. The monoisotopic (exact) mass is 332 g/mol. The van der Waals surface area contributed by atoms with Crippen LogP contribution in [-0.2, 0) is 0 Å².